The minimum atomic E-state index is 0.184. The number of anilines is 1. The van der Waals surface area contributed by atoms with E-state index in [4.69, 9.17) is 10.5 Å². The van der Waals surface area contributed by atoms with Crippen molar-refractivity contribution in [2.24, 2.45) is 0 Å². The summed E-state index contributed by atoms with van der Waals surface area (Å²) in [6.45, 7) is 0. The third-order valence-corrected chi connectivity index (χ3v) is 2.16. The summed E-state index contributed by atoms with van der Waals surface area (Å²) in [5, 5.41) is 9.18. The van der Waals surface area contributed by atoms with Crippen molar-refractivity contribution in [3.05, 3.63) is 15.7 Å². The van der Waals surface area contributed by atoms with E-state index < -0.39 is 0 Å². The van der Waals surface area contributed by atoms with Gasteiger partial charge in [0.1, 0.15) is 11.5 Å². The molecule has 0 saturated carbocycles. The van der Waals surface area contributed by atoms with Crippen LogP contribution in [0.15, 0.2) is 12.1 Å². The lowest BCUT2D eigenvalue weighted by Gasteiger charge is -2.05. The van der Waals surface area contributed by atoms with E-state index in [0.29, 0.717) is 11.4 Å². The Kier molecular flexibility index (Phi) is 2.43. The van der Waals surface area contributed by atoms with E-state index in [2.05, 4.69) is 0 Å². The number of phenolic OH excluding ortho intramolecular Hbond substituents is 1. The largest absolute Gasteiger partial charge is 0.507 e. The zero-order valence-electron chi connectivity index (χ0n) is 5.97. The van der Waals surface area contributed by atoms with Crippen molar-refractivity contribution >= 4 is 28.3 Å². The predicted molar refractivity (Wildman–Crippen MR) is 51.8 cm³/mol. The molecule has 0 aliphatic heterocycles. The zero-order chi connectivity index (χ0) is 8.43. The molecule has 3 nitrogen and oxygen atoms in total. The van der Waals surface area contributed by atoms with Crippen molar-refractivity contribution in [3.8, 4) is 11.5 Å². The molecule has 0 aromatic heterocycles. The summed E-state index contributed by atoms with van der Waals surface area (Å²) in [5.41, 5.74) is 5.96. The molecule has 1 aromatic rings. The molecule has 1 rings (SSSR count). The lowest BCUT2D eigenvalue weighted by Crippen LogP contribution is -1.92. The molecule has 0 atom stereocenters. The van der Waals surface area contributed by atoms with Gasteiger partial charge >= 0.3 is 0 Å². The summed E-state index contributed by atoms with van der Waals surface area (Å²) in [5.74, 6) is 0.774. The molecule has 3 N–H and O–H groups in total. The Balaban J connectivity index is 3.21. The first kappa shape index (κ1) is 8.45. The number of phenols is 1. The second-order valence-corrected chi connectivity index (χ2v) is 3.21. The molecule has 0 heterocycles. The van der Waals surface area contributed by atoms with Crippen molar-refractivity contribution in [2.45, 2.75) is 0 Å². The summed E-state index contributed by atoms with van der Waals surface area (Å²) >= 11 is 2.00. The number of ether oxygens (including phenoxy) is 1. The average molecular weight is 265 g/mol. The smallest absolute Gasteiger partial charge is 0.143 e. The Morgan fingerprint density at radius 3 is 2.73 bits per heavy atom. The monoisotopic (exact) mass is 265 g/mol. The molecule has 0 unspecified atom stereocenters. The first-order chi connectivity index (χ1) is 5.15. The van der Waals surface area contributed by atoms with E-state index in [-0.39, 0.29) is 5.75 Å². The minimum absolute atomic E-state index is 0.184. The molecule has 0 aliphatic carbocycles. The van der Waals surface area contributed by atoms with Gasteiger partial charge in [0.2, 0.25) is 0 Å². The van der Waals surface area contributed by atoms with Gasteiger partial charge in [-0.2, -0.15) is 0 Å². The summed E-state index contributed by atoms with van der Waals surface area (Å²) in [6.07, 6.45) is 0. The number of nitrogens with two attached hydrogens (primary N) is 1. The lowest BCUT2D eigenvalue weighted by atomic mass is 10.3. The molecule has 11 heavy (non-hydrogen) atoms. The van der Waals surface area contributed by atoms with Gasteiger partial charge in [0.05, 0.1) is 16.4 Å². The summed E-state index contributed by atoms with van der Waals surface area (Å²) in [7, 11) is 1.54. The van der Waals surface area contributed by atoms with E-state index in [9.17, 15) is 5.11 Å². The fraction of sp³-hybridized carbons (Fsp3) is 0.143. The second-order valence-electron chi connectivity index (χ2n) is 2.05. The van der Waals surface area contributed by atoms with Gasteiger partial charge < -0.3 is 15.6 Å². The molecule has 0 fully saturated rings. The molecule has 0 bridgehead atoms. The molecule has 60 valence electrons. The van der Waals surface area contributed by atoms with Crippen LogP contribution in [-0.4, -0.2) is 12.2 Å². The van der Waals surface area contributed by atoms with E-state index in [0.717, 1.165) is 3.57 Å². The number of hydrogen-bond donors (Lipinski definition) is 2. The fourth-order valence-electron chi connectivity index (χ4n) is 0.737. The van der Waals surface area contributed by atoms with Gasteiger partial charge in [0, 0.05) is 6.07 Å². The molecule has 4 heteroatoms. The number of methoxy groups -OCH3 is 1. The number of aromatic hydroxyl groups is 1. The molecule has 0 spiro atoms. The molecule has 0 saturated heterocycles. The van der Waals surface area contributed by atoms with E-state index in [1.54, 1.807) is 13.2 Å². The van der Waals surface area contributed by atoms with E-state index in [1.165, 1.54) is 6.07 Å². The SMILES string of the molecule is COc1cc(I)c(O)cc1N. The Morgan fingerprint density at radius 1 is 1.55 bits per heavy atom. The quantitative estimate of drug-likeness (QED) is 0.598. The van der Waals surface area contributed by atoms with Crippen LogP contribution in [0.5, 0.6) is 11.5 Å². The van der Waals surface area contributed by atoms with E-state index >= 15 is 0 Å². The highest BCUT2D eigenvalue weighted by molar-refractivity contribution is 14.1. The maximum absolute atomic E-state index is 9.18. The number of benzene rings is 1. The third-order valence-electron chi connectivity index (χ3n) is 1.30. The summed E-state index contributed by atoms with van der Waals surface area (Å²) in [6, 6.07) is 3.16. The van der Waals surface area contributed by atoms with Crippen LogP contribution in [0.4, 0.5) is 5.69 Å². The molecule has 0 radical (unpaired) electrons. The van der Waals surface area contributed by atoms with Gasteiger partial charge in [-0.15, -0.1) is 0 Å². The van der Waals surface area contributed by atoms with Gasteiger partial charge in [-0.05, 0) is 28.7 Å². The zero-order valence-corrected chi connectivity index (χ0v) is 8.12. The average Bonchev–Trinajstić information content (AvgIpc) is 1.97. The van der Waals surface area contributed by atoms with Gasteiger partial charge in [-0.25, -0.2) is 0 Å². The van der Waals surface area contributed by atoms with Crippen LogP contribution in [0.25, 0.3) is 0 Å². The number of halogens is 1. The highest BCUT2D eigenvalue weighted by Gasteiger charge is 2.03. The standard InChI is InChI=1S/C7H8INO2/c1-11-7-2-4(8)6(10)3-5(7)9/h2-3,10H,9H2,1H3. The number of rotatable bonds is 1. The van der Waals surface area contributed by atoms with Crippen molar-refractivity contribution < 1.29 is 9.84 Å². The van der Waals surface area contributed by atoms with Crippen LogP contribution in [0.3, 0.4) is 0 Å². The molecular formula is C7H8INO2. The van der Waals surface area contributed by atoms with Crippen LogP contribution in [0.2, 0.25) is 0 Å². The van der Waals surface area contributed by atoms with Crippen LogP contribution in [-0.2, 0) is 0 Å². The molecular weight excluding hydrogens is 257 g/mol. The van der Waals surface area contributed by atoms with E-state index in [1.807, 2.05) is 22.6 Å². The summed E-state index contributed by atoms with van der Waals surface area (Å²) < 4.78 is 5.67. The summed E-state index contributed by atoms with van der Waals surface area (Å²) in [4.78, 5) is 0. The predicted octanol–water partition coefficient (Wildman–Crippen LogP) is 1.59. The van der Waals surface area contributed by atoms with Crippen molar-refractivity contribution in [3.63, 3.8) is 0 Å². The highest BCUT2D eigenvalue weighted by atomic mass is 127. The van der Waals surface area contributed by atoms with Crippen LogP contribution < -0.4 is 10.5 Å². The molecule has 0 aliphatic rings. The fourth-order valence-corrected chi connectivity index (χ4v) is 1.18. The van der Waals surface area contributed by atoms with Gasteiger partial charge in [0.25, 0.3) is 0 Å². The Hall–Kier alpha value is -0.650. The molecule has 0 amide bonds. The highest BCUT2D eigenvalue weighted by Crippen LogP contribution is 2.30. The van der Waals surface area contributed by atoms with Crippen molar-refractivity contribution in [1.29, 1.82) is 0 Å². The Bertz CT molecular complexity index is 275. The maximum Gasteiger partial charge on any atom is 0.143 e. The van der Waals surface area contributed by atoms with Gasteiger partial charge in [-0.1, -0.05) is 0 Å². The van der Waals surface area contributed by atoms with Crippen LogP contribution >= 0.6 is 22.6 Å². The second kappa shape index (κ2) is 3.17. The Labute approximate surface area is 78.3 Å². The topological polar surface area (TPSA) is 55.5 Å². The minimum Gasteiger partial charge on any atom is -0.507 e. The lowest BCUT2D eigenvalue weighted by molar-refractivity contribution is 0.414. The Morgan fingerprint density at radius 2 is 2.18 bits per heavy atom. The van der Waals surface area contributed by atoms with Crippen LogP contribution in [0, 0.1) is 3.57 Å². The number of nitrogen functional groups attached to an aromatic ring is 1. The van der Waals surface area contributed by atoms with Gasteiger partial charge in [-0.3, -0.25) is 0 Å². The first-order valence-corrected chi connectivity index (χ1v) is 4.05. The van der Waals surface area contributed by atoms with Crippen molar-refractivity contribution in [1.82, 2.24) is 0 Å². The van der Waals surface area contributed by atoms with Gasteiger partial charge in [0.15, 0.2) is 0 Å². The van der Waals surface area contributed by atoms with Crippen LogP contribution in [0.1, 0.15) is 0 Å². The number of hydrogen-bond acceptors (Lipinski definition) is 3. The third kappa shape index (κ3) is 1.68. The molecule has 1 aromatic carbocycles. The first-order valence-electron chi connectivity index (χ1n) is 2.97. The maximum atomic E-state index is 9.18. The van der Waals surface area contributed by atoms with Crippen molar-refractivity contribution in [2.75, 3.05) is 12.8 Å². The normalized spacial score (nSPS) is 9.64.